The minimum atomic E-state index is -1.25. The number of nitrogens with zero attached hydrogens (tertiary/aromatic N) is 2. The van der Waals surface area contributed by atoms with Crippen molar-refractivity contribution in [2.75, 3.05) is 12.3 Å². The lowest BCUT2D eigenvalue weighted by Gasteiger charge is -2.53. The summed E-state index contributed by atoms with van der Waals surface area (Å²) in [6, 6.07) is 1.23. The van der Waals surface area contributed by atoms with Crippen molar-refractivity contribution in [3.05, 3.63) is 12.2 Å². The molecule has 0 bridgehead atoms. The molecule has 0 aliphatic carbocycles. The van der Waals surface area contributed by atoms with Crippen molar-refractivity contribution in [3.8, 4) is 6.07 Å². The minimum absolute atomic E-state index is 0.0282. The molecule has 2 rings (SSSR count). The molecule has 2 fully saturated rings. The van der Waals surface area contributed by atoms with E-state index >= 15 is 0 Å². The summed E-state index contributed by atoms with van der Waals surface area (Å²) in [6.07, 6.45) is 8.18. The summed E-state index contributed by atoms with van der Waals surface area (Å²) < 4.78 is 0. The Labute approximate surface area is 157 Å². The van der Waals surface area contributed by atoms with E-state index in [-0.39, 0.29) is 29.5 Å². The summed E-state index contributed by atoms with van der Waals surface area (Å²) >= 11 is 1.34. The van der Waals surface area contributed by atoms with Crippen LogP contribution < -0.4 is 5.32 Å². The van der Waals surface area contributed by atoms with Gasteiger partial charge in [0.25, 0.3) is 0 Å². The van der Waals surface area contributed by atoms with Gasteiger partial charge in [-0.1, -0.05) is 38.7 Å². The molecule has 0 aromatic rings. The maximum atomic E-state index is 12.3. The SMILES string of the molecule is CCCCCCCC(=O)NC1C(=O)N2CC(C=CC#N)(C(=O)O)CS[C@H]12. The van der Waals surface area contributed by atoms with Crippen LogP contribution in [-0.2, 0) is 14.4 Å². The second kappa shape index (κ2) is 9.08. The fourth-order valence-electron chi connectivity index (χ4n) is 3.23. The molecule has 0 aromatic carbocycles. The van der Waals surface area contributed by atoms with Gasteiger partial charge in [-0.15, -0.1) is 11.8 Å². The number of carboxylic acids is 1. The molecular formula is C18H25N3O4S. The van der Waals surface area contributed by atoms with Gasteiger partial charge in [0.1, 0.15) is 16.8 Å². The molecule has 0 radical (unpaired) electrons. The van der Waals surface area contributed by atoms with Crippen LogP contribution in [0, 0.1) is 16.7 Å². The summed E-state index contributed by atoms with van der Waals surface area (Å²) in [7, 11) is 0. The lowest BCUT2D eigenvalue weighted by Crippen LogP contribution is -2.73. The molecule has 7 nitrogen and oxygen atoms in total. The lowest BCUT2D eigenvalue weighted by atomic mass is 9.86. The third-order valence-electron chi connectivity index (χ3n) is 4.83. The van der Waals surface area contributed by atoms with Crippen molar-refractivity contribution in [1.82, 2.24) is 10.2 Å². The number of fused-ring (bicyclic) bond motifs is 1. The van der Waals surface area contributed by atoms with E-state index in [0.29, 0.717) is 6.42 Å². The Hall–Kier alpha value is -2.01. The van der Waals surface area contributed by atoms with Crippen LogP contribution in [0.2, 0.25) is 0 Å². The zero-order chi connectivity index (χ0) is 19.2. The number of rotatable bonds is 9. The molecule has 2 N–H and O–H groups in total. The van der Waals surface area contributed by atoms with E-state index in [1.54, 1.807) is 6.07 Å². The van der Waals surface area contributed by atoms with Crippen LogP contribution in [0.5, 0.6) is 0 Å². The monoisotopic (exact) mass is 379 g/mol. The highest BCUT2D eigenvalue weighted by atomic mass is 32.2. The smallest absolute Gasteiger partial charge is 0.316 e. The van der Waals surface area contributed by atoms with E-state index < -0.39 is 17.4 Å². The molecule has 2 saturated heterocycles. The van der Waals surface area contributed by atoms with E-state index in [0.717, 1.165) is 31.8 Å². The number of hydrogen-bond donors (Lipinski definition) is 2. The fourth-order valence-corrected chi connectivity index (χ4v) is 4.74. The standard InChI is InChI=1S/C18H25N3O4S/c1-2-3-4-5-6-8-13(22)20-14-15(23)21-11-18(17(24)25,9-7-10-19)12-26-16(14)21/h7,9,14,16H,2-6,8,11-12H2,1H3,(H,20,22)(H,24,25)/t14?,16-,18?/m1/s1. The molecule has 2 amide bonds. The van der Waals surface area contributed by atoms with E-state index in [1.165, 1.54) is 29.2 Å². The molecule has 26 heavy (non-hydrogen) atoms. The molecule has 8 heteroatoms. The van der Waals surface area contributed by atoms with Gasteiger partial charge in [0, 0.05) is 24.8 Å². The summed E-state index contributed by atoms with van der Waals surface area (Å²) in [4.78, 5) is 37.5. The van der Waals surface area contributed by atoms with Crippen molar-refractivity contribution in [3.63, 3.8) is 0 Å². The van der Waals surface area contributed by atoms with E-state index in [9.17, 15) is 19.5 Å². The molecule has 2 unspecified atom stereocenters. The molecule has 0 saturated carbocycles. The largest absolute Gasteiger partial charge is 0.481 e. The number of unbranched alkanes of at least 4 members (excludes halogenated alkanes) is 4. The number of aliphatic carboxylic acids is 1. The van der Waals surface area contributed by atoms with E-state index in [2.05, 4.69) is 12.2 Å². The first-order valence-electron chi connectivity index (χ1n) is 8.97. The summed E-state index contributed by atoms with van der Waals surface area (Å²) in [5.41, 5.74) is -1.25. The van der Waals surface area contributed by atoms with Crippen LogP contribution in [0.25, 0.3) is 0 Å². The van der Waals surface area contributed by atoms with Gasteiger partial charge < -0.3 is 15.3 Å². The van der Waals surface area contributed by atoms with Crippen molar-refractivity contribution in [2.24, 2.45) is 5.41 Å². The molecule has 2 aliphatic rings. The molecular weight excluding hydrogens is 354 g/mol. The predicted octanol–water partition coefficient (Wildman–Crippen LogP) is 1.90. The van der Waals surface area contributed by atoms with Crippen LogP contribution in [0.1, 0.15) is 45.4 Å². The zero-order valence-corrected chi connectivity index (χ0v) is 15.8. The zero-order valence-electron chi connectivity index (χ0n) is 14.9. The second-order valence-corrected chi connectivity index (χ2v) is 7.91. The van der Waals surface area contributed by atoms with Crippen molar-refractivity contribution >= 4 is 29.5 Å². The van der Waals surface area contributed by atoms with Crippen LogP contribution in [0.4, 0.5) is 0 Å². The number of carbonyl (C=O) groups excluding carboxylic acids is 2. The van der Waals surface area contributed by atoms with Gasteiger partial charge in [-0.25, -0.2) is 0 Å². The molecule has 2 aliphatic heterocycles. The highest BCUT2D eigenvalue weighted by molar-refractivity contribution is 8.00. The number of allylic oxidation sites excluding steroid dienone is 1. The first-order valence-corrected chi connectivity index (χ1v) is 10.0. The number of thioether (sulfide) groups is 1. The number of carbonyl (C=O) groups is 3. The van der Waals surface area contributed by atoms with Crippen LogP contribution in [0.3, 0.4) is 0 Å². The van der Waals surface area contributed by atoms with Gasteiger partial charge in [-0.3, -0.25) is 14.4 Å². The first-order chi connectivity index (χ1) is 12.4. The van der Waals surface area contributed by atoms with E-state index in [1.807, 2.05) is 0 Å². The molecule has 0 aromatic heterocycles. The molecule has 142 valence electrons. The van der Waals surface area contributed by atoms with Crippen LogP contribution >= 0.6 is 11.8 Å². The Morgan fingerprint density at radius 2 is 2.15 bits per heavy atom. The number of hydrogen-bond acceptors (Lipinski definition) is 5. The quantitative estimate of drug-likeness (QED) is 0.360. The van der Waals surface area contributed by atoms with Gasteiger partial charge in [0.15, 0.2) is 0 Å². The van der Waals surface area contributed by atoms with Gasteiger partial charge in [-0.05, 0) is 6.42 Å². The third kappa shape index (κ3) is 4.39. The summed E-state index contributed by atoms with van der Waals surface area (Å²) in [5.74, 6) is -1.17. The Kier molecular flexibility index (Phi) is 7.09. The predicted molar refractivity (Wildman–Crippen MR) is 98.1 cm³/mol. The Morgan fingerprint density at radius 1 is 1.42 bits per heavy atom. The maximum Gasteiger partial charge on any atom is 0.316 e. The molecule has 2 heterocycles. The average Bonchev–Trinajstić information content (AvgIpc) is 2.63. The van der Waals surface area contributed by atoms with Crippen molar-refractivity contribution in [2.45, 2.75) is 56.9 Å². The highest BCUT2D eigenvalue weighted by Crippen LogP contribution is 2.42. The maximum absolute atomic E-state index is 12.3. The normalized spacial score (nSPS) is 27.5. The average molecular weight is 379 g/mol. The van der Waals surface area contributed by atoms with Crippen LogP contribution in [0.15, 0.2) is 12.2 Å². The molecule has 0 spiro atoms. The van der Waals surface area contributed by atoms with Gasteiger partial charge >= 0.3 is 5.97 Å². The number of nitriles is 1. The Balaban J connectivity index is 1.86. The minimum Gasteiger partial charge on any atom is -0.481 e. The first kappa shape index (κ1) is 20.3. The Morgan fingerprint density at radius 3 is 2.81 bits per heavy atom. The third-order valence-corrected chi connectivity index (χ3v) is 6.38. The van der Waals surface area contributed by atoms with Crippen LogP contribution in [-0.4, -0.2) is 51.5 Å². The highest BCUT2D eigenvalue weighted by Gasteiger charge is 2.56. The van der Waals surface area contributed by atoms with Gasteiger partial charge in [0.05, 0.1) is 6.07 Å². The summed E-state index contributed by atoms with van der Waals surface area (Å²) in [6.45, 7) is 2.16. The topological polar surface area (TPSA) is 111 Å². The molecule has 3 atom stereocenters. The lowest BCUT2D eigenvalue weighted by molar-refractivity contribution is -0.156. The van der Waals surface area contributed by atoms with Gasteiger partial charge in [-0.2, -0.15) is 5.26 Å². The van der Waals surface area contributed by atoms with E-state index in [4.69, 9.17) is 5.26 Å². The number of β-lactam (4-membered cyclic amide) rings is 1. The second-order valence-electron chi connectivity index (χ2n) is 6.80. The van der Waals surface area contributed by atoms with Crippen molar-refractivity contribution in [1.29, 1.82) is 5.26 Å². The van der Waals surface area contributed by atoms with Gasteiger partial charge in [0.2, 0.25) is 11.8 Å². The fraction of sp³-hybridized carbons (Fsp3) is 0.667. The number of amides is 2. The Bertz CT molecular complexity index is 630. The van der Waals surface area contributed by atoms with Crippen molar-refractivity contribution < 1.29 is 19.5 Å². The number of nitrogens with one attached hydrogen (secondary N) is 1. The summed E-state index contributed by atoms with van der Waals surface area (Å²) in [5, 5.41) is 20.8. The number of carboxylic acid groups (broad SMARTS) is 1.